The second-order valence-corrected chi connectivity index (χ2v) is 7.91. The van der Waals surface area contributed by atoms with Crippen LogP contribution in [0, 0.1) is 5.92 Å². The van der Waals surface area contributed by atoms with Gasteiger partial charge >= 0.3 is 5.97 Å². The van der Waals surface area contributed by atoms with Crippen LogP contribution in [0.5, 0.6) is 0 Å². The fraction of sp³-hybridized carbons (Fsp3) is 0.846. The standard InChI is InChI=1S/C13H22N2O6S/c1-22(19,20)15(9-13(17)18)8-11-7-14(4-5-21-11)12(16)6-10-2-3-10/h10-11H,2-9H2,1H3,(H,17,18). The number of ether oxygens (including phenoxy) is 1. The first-order valence-corrected chi connectivity index (χ1v) is 9.17. The van der Waals surface area contributed by atoms with Crippen molar-refractivity contribution in [1.29, 1.82) is 0 Å². The molecule has 1 N–H and O–H groups in total. The summed E-state index contributed by atoms with van der Waals surface area (Å²) in [5.41, 5.74) is 0. The van der Waals surface area contributed by atoms with E-state index in [4.69, 9.17) is 9.84 Å². The summed E-state index contributed by atoms with van der Waals surface area (Å²) in [6.45, 7) is 0.482. The van der Waals surface area contributed by atoms with Gasteiger partial charge in [0.2, 0.25) is 15.9 Å². The maximum atomic E-state index is 12.1. The van der Waals surface area contributed by atoms with Crippen LogP contribution >= 0.6 is 0 Å². The molecule has 2 fully saturated rings. The van der Waals surface area contributed by atoms with Crippen LogP contribution in [0.4, 0.5) is 0 Å². The van der Waals surface area contributed by atoms with Gasteiger partial charge in [-0.05, 0) is 18.8 Å². The number of morpholine rings is 1. The predicted octanol–water partition coefficient (Wildman–Crippen LogP) is -0.640. The molecule has 0 aromatic heterocycles. The van der Waals surface area contributed by atoms with Crippen molar-refractivity contribution in [3.8, 4) is 0 Å². The summed E-state index contributed by atoms with van der Waals surface area (Å²) < 4.78 is 29.6. The number of nitrogens with zero attached hydrogens (tertiary/aromatic N) is 2. The zero-order chi connectivity index (χ0) is 16.3. The van der Waals surface area contributed by atoms with Gasteiger partial charge in [0.15, 0.2) is 0 Å². The lowest BCUT2D eigenvalue weighted by Crippen LogP contribution is -2.51. The highest BCUT2D eigenvalue weighted by atomic mass is 32.2. The van der Waals surface area contributed by atoms with Crippen LogP contribution < -0.4 is 0 Å². The molecule has 0 radical (unpaired) electrons. The summed E-state index contributed by atoms with van der Waals surface area (Å²) in [5, 5.41) is 8.81. The van der Waals surface area contributed by atoms with E-state index in [1.807, 2.05) is 0 Å². The molecule has 0 spiro atoms. The molecule has 0 bridgehead atoms. The molecule has 8 nitrogen and oxygen atoms in total. The number of hydrogen-bond acceptors (Lipinski definition) is 5. The third-order valence-electron chi connectivity index (χ3n) is 3.84. The molecule has 22 heavy (non-hydrogen) atoms. The number of aliphatic carboxylic acids is 1. The molecule has 0 aromatic carbocycles. The minimum atomic E-state index is -3.64. The largest absolute Gasteiger partial charge is 0.480 e. The van der Waals surface area contributed by atoms with Crippen molar-refractivity contribution in [2.45, 2.75) is 25.4 Å². The van der Waals surface area contributed by atoms with Gasteiger partial charge in [-0.25, -0.2) is 8.42 Å². The molecule has 1 atom stereocenters. The normalized spacial score (nSPS) is 22.8. The van der Waals surface area contributed by atoms with E-state index < -0.39 is 28.6 Å². The predicted molar refractivity (Wildman–Crippen MR) is 77.7 cm³/mol. The maximum absolute atomic E-state index is 12.1. The van der Waals surface area contributed by atoms with Gasteiger partial charge in [-0.2, -0.15) is 4.31 Å². The number of carboxylic acid groups (broad SMARTS) is 1. The average molecular weight is 334 g/mol. The quantitative estimate of drug-likeness (QED) is 0.664. The Balaban J connectivity index is 1.92. The Morgan fingerprint density at radius 2 is 2.05 bits per heavy atom. The van der Waals surface area contributed by atoms with Crippen LogP contribution in [0.25, 0.3) is 0 Å². The lowest BCUT2D eigenvalue weighted by atomic mass is 10.2. The number of carbonyl (C=O) groups is 2. The van der Waals surface area contributed by atoms with Crippen molar-refractivity contribution in [3.63, 3.8) is 0 Å². The average Bonchev–Trinajstić information content (AvgIpc) is 3.20. The second-order valence-electron chi connectivity index (χ2n) is 5.93. The minimum Gasteiger partial charge on any atom is -0.480 e. The number of amides is 1. The van der Waals surface area contributed by atoms with E-state index in [0.29, 0.717) is 32.0 Å². The van der Waals surface area contributed by atoms with Crippen molar-refractivity contribution < 1.29 is 27.9 Å². The molecular formula is C13H22N2O6S. The summed E-state index contributed by atoms with van der Waals surface area (Å²) in [5.74, 6) is -0.656. The van der Waals surface area contributed by atoms with Gasteiger partial charge in [-0.3, -0.25) is 9.59 Å². The van der Waals surface area contributed by atoms with Gasteiger partial charge in [-0.1, -0.05) is 0 Å². The Kier molecular flexibility index (Phi) is 5.41. The topological polar surface area (TPSA) is 104 Å². The second kappa shape index (κ2) is 6.93. The zero-order valence-electron chi connectivity index (χ0n) is 12.6. The maximum Gasteiger partial charge on any atom is 0.318 e. The molecule has 2 aliphatic rings. The number of sulfonamides is 1. The number of carboxylic acids is 1. The van der Waals surface area contributed by atoms with E-state index >= 15 is 0 Å². The number of hydrogen-bond donors (Lipinski definition) is 1. The van der Waals surface area contributed by atoms with Crippen LogP contribution in [-0.2, 0) is 24.3 Å². The number of carbonyl (C=O) groups excluding carboxylic acids is 1. The summed E-state index contributed by atoms with van der Waals surface area (Å²) in [7, 11) is -3.64. The fourth-order valence-corrected chi connectivity index (χ4v) is 3.23. The van der Waals surface area contributed by atoms with Crippen molar-refractivity contribution in [1.82, 2.24) is 9.21 Å². The summed E-state index contributed by atoms with van der Waals surface area (Å²) in [6.07, 6.45) is 3.21. The molecule has 1 amide bonds. The smallest absolute Gasteiger partial charge is 0.318 e. The molecule has 1 saturated carbocycles. The summed E-state index contributed by atoms with van der Waals surface area (Å²) >= 11 is 0. The highest BCUT2D eigenvalue weighted by molar-refractivity contribution is 7.88. The first-order valence-electron chi connectivity index (χ1n) is 7.32. The molecule has 9 heteroatoms. The summed E-state index contributed by atoms with van der Waals surface area (Å²) in [4.78, 5) is 24.6. The molecule has 1 aliphatic heterocycles. The van der Waals surface area contributed by atoms with Crippen LogP contribution in [0.1, 0.15) is 19.3 Å². The Morgan fingerprint density at radius 3 is 2.59 bits per heavy atom. The lowest BCUT2D eigenvalue weighted by molar-refractivity contribution is -0.141. The highest BCUT2D eigenvalue weighted by Gasteiger charge is 2.32. The van der Waals surface area contributed by atoms with Gasteiger partial charge in [0.25, 0.3) is 0 Å². The molecule has 126 valence electrons. The first kappa shape index (κ1) is 17.2. The molecule has 1 saturated heterocycles. The zero-order valence-corrected chi connectivity index (χ0v) is 13.4. The Hall–Kier alpha value is -1.19. The Labute approximate surface area is 130 Å². The third-order valence-corrected chi connectivity index (χ3v) is 5.06. The first-order chi connectivity index (χ1) is 10.3. The highest BCUT2D eigenvalue weighted by Crippen LogP contribution is 2.33. The van der Waals surface area contributed by atoms with E-state index in [2.05, 4.69) is 0 Å². The molecule has 0 aromatic rings. The van der Waals surface area contributed by atoms with Gasteiger partial charge in [0.05, 0.1) is 19.0 Å². The van der Waals surface area contributed by atoms with Crippen molar-refractivity contribution >= 4 is 21.9 Å². The lowest BCUT2D eigenvalue weighted by Gasteiger charge is -2.35. The van der Waals surface area contributed by atoms with Crippen LogP contribution in [0.3, 0.4) is 0 Å². The van der Waals surface area contributed by atoms with E-state index in [-0.39, 0.29) is 12.5 Å². The van der Waals surface area contributed by atoms with E-state index in [1.165, 1.54) is 0 Å². The van der Waals surface area contributed by atoms with Gasteiger partial charge < -0.3 is 14.7 Å². The van der Waals surface area contributed by atoms with Crippen molar-refractivity contribution in [2.24, 2.45) is 5.92 Å². The van der Waals surface area contributed by atoms with Crippen LogP contribution in [0.15, 0.2) is 0 Å². The monoisotopic (exact) mass is 334 g/mol. The summed E-state index contributed by atoms with van der Waals surface area (Å²) in [6, 6.07) is 0. The van der Waals surface area contributed by atoms with Gasteiger partial charge in [-0.15, -0.1) is 0 Å². The van der Waals surface area contributed by atoms with Crippen molar-refractivity contribution in [3.05, 3.63) is 0 Å². The van der Waals surface area contributed by atoms with Crippen molar-refractivity contribution in [2.75, 3.05) is 39.0 Å². The Morgan fingerprint density at radius 1 is 1.36 bits per heavy atom. The van der Waals surface area contributed by atoms with E-state index in [1.54, 1.807) is 4.90 Å². The molecule has 2 rings (SSSR count). The van der Waals surface area contributed by atoms with E-state index in [9.17, 15) is 18.0 Å². The minimum absolute atomic E-state index is 0.0572. The van der Waals surface area contributed by atoms with Gasteiger partial charge in [0.1, 0.15) is 6.54 Å². The molecule has 1 heterocycles. The Bertz CT molecular complexity index is 531. The third kappa shape index (κ3) is 5.22. The number of rotatable bonds is 7. The van der Waals surface area contributed by atoms with E-state index in [0.717, 1.165) is 23.4 Å². The van der Waals surface area contributed by atoms with Crippen LogP contribution in [0.2, 0.25) is 0 Å². The molecular weight excluding hydrogens is 312 g/mol. The van der Waals surface area contributed by atoms with Gasteiger partial charge in [0, 0.05) is 26.1 Å². The SMILES string of the molecule is CS(=O)(=O)N(CC(=O)O)CC1CN(C(=O)CC2CC2)CCO1. The molecule has 1 unspecified atom stereocenters. The fourth-order valence-electron chi connectivity index (χ4n) is 2.45. The molecule has 1 aliphatic carbocycles. The van der Waals surface area contributed by atoms with Crippen LogP contribution in [-0.4, -0.2) is 79.8 Å².